The predicted octanol–water partition coefficient (Wildman–Crippen LogP) is 0.840. The maximum Gasteiger partial charge on any atom is 0.224 e. The van der Waals surface area contributed by atoms with Gasteiger partial charge in [0.15, 0.2) is 0 Å². The van der Waals surface area contributed by atoms with Crippen LogP contribution in [0.15, 0.2) is 12.7 Å². The topological polar surface area (TPSA) is 49.3 Å². The van der Waals surface area contributed by atoms with Crippen molar-refractivity contribution in [3.8, 4) is 0 Å². The fraction of sp³-hybridized carbons (Fsp3) is 0.667. The average Bonchev–Trinajstić information content (AvgIpc) is 1.85. The van der Waals surface area contributed by atoms with Crippen molar-refractivity contribution in [1.29, 1.82) is 0 Å². The highest BCUT2D eigenvalue weighted by Gasteiger charge is 2.18. The van der Waals surface area contributed by atoms with Crippen molar-refractivity contribution in [3.63, 3.8) is 0 Å². The van der Waals surface area contributed by atoms with Crippen LogP contribution in [0.1, 0.15) is 26.7 Å². The SMILES string of the molecule is C=CCC(=O)NC(C)(C)CCO. The molecule has 0 aliphatic rings. The van der Waals surface area contributed by atoms with Gasteiger partial charge in [0.05, 0.1) is 0 Å². The van der Waals surface area contributed by atoms with Gasteiger partial charge in [-0.05, 0) is 20.3 Å². The number of hydrogen-bond donors (Lipinski definition) is 2. The monoisotopic (exact) mass is 171 g/mol. The van der Waals surface area contributed by atoms with Crippen LogP contribution in [-0.4, -0.2) is 23.2 Å². The summed E-state index contributed by atoms with van der Waals surface area (Å²) in [5.41, 5.74) is -0.325. The van der Waals surface area contributed by atoms with Gasteiger partial charge in [0.1, 0.15) is 0 Å². The molecule has 12 heavy (non-hydrogen) atoms. The van der Waals surface area contributed by atoms with Gasteiger partial charge in [-0.2, -0.15) is 0 Å². The van der Waals surface area contributed by atoms with Crippen molar-refractivity contribution in [2.45, 2.75) is 32.2 Å². The van der Waals surface area contributed by atoms with Crippen molar-refractivity contribution in [2.24, 2.45) is 0 Å². The zero-order chi connectivity index (χ0) is 9.61. The minimum Gasteiger partial charge on any atom is -0.396 e. The summed E-state index contributed by atoms with van der Waals surface area (Å²) >= 11 is 0. The van der Waals surface area contributed by atoms with Gasteiger partial charge in [-0.25, -0.2) is 0 Å². The van der Waals surface area contributed by atoms with Crippen LogP contribution in [0.5, 0.6) is 0 Å². The summed E-state index contributed by atoms with van der Waals surface area (Å²) in [7, 11) is 0. The largest absolute Gasteiger partial charge is 0.396 e. The quantitative estimate of drug-likeness (QED) is 0.602. The molecule has 0 aromatic heterocycles. The Morgan fingerprint density at radius 1 is 1.67 bits per heavy atom. The van der Waals surface area contributed by atoms with Crippen molar-refractivity contribution in [2.75, 3.05) is 6.61 Å². The molecule has 0 atom stereocenters. The third-order valence-electron chi connectivity index (χ3n) is 1.54. The van der Waals surface area contributed by atoms with Crippen LogP contribution in [0.3, 0.4) is 0 Å². The zero-order valence-corrected chi connectivity index (χ0v) is 7.76. The molecular formula is C9H17NO2. The van der Waals surface area contributed by atoms with E-state index in [9.17, 15) is 4.79 Å². The van der Waals surface area contributed by atoms with E-state index in [4.69, 9.17) is 5.11 Å². The van der Waals surface area contributed by atoms with Crippen LogP contribution < -0.4 is 5.32 Å². The van der Waals surface area contributed by atoms with Crippen molar-refractivity contribution < 1.29 is 9.90 Å². The number of amides is 1. The third-order valence-corrected chi connectivity index (χ3v) is 1.54. The minimum absolute atomic E-state index is 0.0524. The Bertz CT molecular complexity index is 164. The molecule has 2 N–H and O–H groups in total. The highest BCUT2D eigenvalue weighted by Crippen LogP contribution is 2.07. The van der Waals surface area contributed by atoms with Gasteiger partial charge in [0, 0.05) is 18.6 Å². The molecule has 0 saturated heterocycles. The molecule has 0 bridgehead atoms. The molecule has 0 heterocycles. The first kappa shape index (κ1) is 11.2. The normalized spacial score (nSPS) is 10.9. The molecule has 70 valence electrons. The second kappa shape index (κ2) is 4.93. The van der Waals surface area contributed by atoms with Crippen LogP contribution in [0.4, 0.5) is 0 Å². The Morgan fingerprint density at radius 3 is 2.67 bits per heavy atom. The number of carbonyl (C=O) groups is 1. The summed E-state index contributed by atoms with van der Waals surface area (Å²) in [5, 5.41) is 11.5. The summed E-state index contributed by atoms with van der Waals surface area (Å²) in [5.74, 6) is -0.0524. The van der Waals surface area contributed by atoms with E-state index in [1.54, 1.807) is 6.08 Å². The lowest BCUT2D eigenvalue weighted by molar-refractivity contribution is -0.121. The van der Waals surface area contributed by atoms with Gasteiger partial charge in [0.25, 0.3) is 0 Å². The fourth-order valence-corrected chi connectivity index (χ4v) is 0.902. The highest BCUT2D eigenvalue weighted by atomic mass is 16.3. The molecular weight excluding hydrogens is 154 g/mol. The summed E-state index contributed by atoms with van der Waals surface area (Å²) in [6, 6.07) is 0. The van der Waals surface area contributed by atoms with Gasteiger partial charge in [0.2, 0.25) is 5.91 Å². The van der Waals surface area contributed by atoms with Crippen molar-refractivity contribution >= 4 is 5.91 Å². The molecule has 3 nitrogen and oxygen atoms in total. The van der Waals surface area contributed by atoms with Crippen LogP contribution in [0, 0.1) is 0 Å². The van der Waals surface area contributed by atoms with E-state index in [1.807, 2.05) is 13.8 Å². The van der Waals surface area contributed by atoms with Crippen LogP contribution in [-0.2, 0) is 4.79 Å². The Kier molecular flexibility index (Phi) is 4.59. The second-order valence-electron chi connectivity index (χ2n) is 3.40. The van der Waals surface area contributed by atoms with Gasteiger partial charge in [-0.3, -0.25) is 4.79 Å². The number of hydrogen-bond acceptors (Lipinski definition) is 2. The summed E-state index contributed by atoms with van der Waals surface area (Å²) in [6.45, 7) is 7.31. The summed E-state index contributed by atoms with van der Waals surface area (Å²) < 4.78 is 0. The number of carbonyl (C=O) groups excluding carboxylic acids is 1. The van der Waals surface area contributed by atoms with E-state index >= 15 is 0 Å². The number of aliphatic hydroxyl groups is 1. The van der Waals surface area contributed by atoms with Crippen molar-refractivity contribution in [1.82, 2.24) is 5.32 Å². The van der Waals surface area contributed by atoms with E-state index in [2.05, 4.69) is 11.9 Å². The first-order valence-corrected chi connectivity index (χ1v) is 4.04. The Hall–Kier alpha value is -0.830. The lowest BCUT2D eigenvalue weighted by Crippen LogP contribution is -2.43. The highest BCUT2D eigenvalue weighted by molar-refractivity contribution is 5.78. The van der Waals surface area contributed by atoms with Crippen LogP contribution >= 0.6 is 0 Å². The molecule has 0 saturated carbocycles. The minimum atomic E-state index is -0.325. The molecule has 1 amide bonds. The molecule has 0 rings (SSSR count). The van der Waals surface area contributed by atoms with Gasteiger partial charge in [-0.15, -0.1) is 6.58 Å². The van der Waals surface area contributed by atoms with Crippen molar-refractivity contribution in [3.05, 3.63) is 12.7 Å². The van der Waals surface area contributed by atoms with Gasteiger partial charge in [-0.1, -0.05) is 6.08 Å². The lowest BCUT2D eigenvalue weighted by Gasteiger charge is -2.24. The van der Waals surface area contributed by atoms with Gasteiger partial charge < -0.3 is 10.4 Å². The van der Waals surface area contributed by atoms with Crippen LogP contribution in [0.2, 0.25) is 0 Å². The molecule has 0 aliphatic carbocycles. The smallest absolute Gasteiger partial charge is 0.224 e. The molecule has 0 aliphatic heterocycles. The number of aliphatic hydroxyl groups excluding tert-OH is 1. The Balaban J connectivity index is 3.87. The van der Waals surface area contributed by atoms with E-state index in [0.717, 1.165) is 0 Å². The number of nitrogens with one attached hydrogen (secondary N) is 1. The molecule has 0 unspecified atom stereocenters. The van der Waals surface area contributed by atoms with E-state index in [0.29, 0.717) is 12.8 Å². The fourth-order valence-electron chi connectivity index (χ4n) is 0.902. The Labute approximate surface area is 73.5 Å². The van der Waals surface area contributed by atoms with E-state index in [1.165, 1.54) is 0 Å². The maximum atomic E-state index is 11.1. The number of rotatable bonds is 5. The summed E-state index contributed by atoms with van der Waals surface area (Å²) in [6.07, 6.45) is 2.45. The van der Waals surface area contributed by atoms with E-state index in [-0.39, 0.29) is 18.1 Å². The van der Waals surface area contributed by atoms with Crippen LogP contribution in [0.25, 0.3) is 0 Å². The molecule has 0 spiro atoms. The first-order chi connectivity index (χ1) is 5.52. The standard InChI is InChI=1S/C9H17NO2/c1-4-5-8(12)10-9(2,3)6-7-11/h4,11H,1,5-7H2,2-3H3,(H,10,12). The summed E-state index contributed by atoms with van der Waals surface area (Å²) in [4.78, 5) is 11.1. The average molecular weight is 171 g/mol. The molecule has 0 radical (unpaired) electrons. The molecule has 0 aromatic carbocycles. The second-order valence-corrected chi connectivity index (χ2v) is 3.40. The Morgan fingerprint density at radius 2 is 2.25 bits per heavy atom. The zero-order valence-electron chi connectivity index (χ0n) is 7.76. The first-order valence-electron chi connectivity index (χ1n) is 4.04. The third kappa shape index (κ3) is 4.91. The lowest BCUT2D eigenvalue weighted by atomic mass is 10.0. The maximum absolute atomic E-state index is 11.1. The van der Waals surface area contributed by atoms with E-state index < -0.39 is 0 Å². The molecule has 0 aromatic rings. The molecule has 0 fully saturated rings. The molecule has 3 heteroatoms. The predicted molar refractivity (Wildman–Crippen MR) is 48.7 cm³/mol. The van der Waals surface area contributed by atoms with Gasteiger partial charge >= 0.3 is 0 Å².